The minimum Gasteiger partial charge on any atom is -0.494 e. The molecule has 3 rings (SSSR count). The molecule has 1 aromatic rings. The fourth-order valence-corrected chi connectivity index (χ4v) is 3.65. The molecule has 120 valence electrons. The number of nitrogens with zero attached hydrogens (tertiary/aromatic N) is 2. The first kappa shape index (κ1) is 15.2. The van der Waals surface area contributed by atoms with Gasteiger partial charge in [0.1, 0.15) is 5.75 Å². The number of rotatable bonds is 4. The van der Waals surface area contributed by atoms with Gasteiger partial charge in [-0.25, -0.2) is 0 Å². The first-order valence-corrected chi connectivity index (χ1v) is 8.43. The summed E-state index contributed by atoms with van der Waals surface area (Å²) in [5.41, 5.74) is 1.78. The Kier molecular flexibility index (Phi) is 4.55. The van der Waals surface area contributed by atoms with Crippen molar-refractivity contribution >= 4 is 5.96 Å². The number of guanidine groups is 1. The smallest absolute Gasteiger partial charge is 0.193 e. The zero-order chi connectivity index (χ0) is 15.4. The molecule has 0 unspecified atom stereocenters. The molecule has 1 aromatic carbocycles. The molecule has 1 spiro atoms. The van der Waals surface area contributed by atoms with Crippen molar-refractivity contribution in [3.05, 3.63) is 29.8 Å². The molecular weight excluding hydrogens is 274 g/mol. The van der Waals surface area contributed by atoms with Gasteiger partial charge in [0.05, 0.1) is 6.61 Å². The van der Waals surface area contributed by atoms with Crippen LogP contribution in [-0.4, -0.2) is 37.6 Å². The molecule has 1 aliphatic heterocycles. The molecule has 1 heterocycles. The molecule has 22 heavy (non-hydrogen) atoms. The number of nitrogens with one attached hydrogen (secondary N) is 1. The Morgan fingerprint density at radius 3 is 2.77 bits per heavy atom. The van der Waals surface area contributed by atoms with Gasteiger partial charge in [-0.05, 0) is 37.7 Å². The summed E-state index contributed by atoms with van der Waals surface area (Å²) in [6, 6.07) is 8.22. The second-order valence-corrected chi connectivity index (χ2v) is 6.47. The van der Waals surface area contributed by atoms with Crippen molar-refractivity contribution in [1.82, 2.24) is 10.2 Å². The Balaban J connectivity index is 1.60. The molecule has 4 nitrogen and oxygen atoms in total. The Morgan fingerprint density at radius 1 is 1.32 bits per heavy atom. The number of para-hydroxylation sites is 1. The second-order valence-electron chi connectivity index (χ2n) is 6.47. The van der Waals surface area contributed by atoms with Crippen LogP contribution in [0.3, 0.4) is 0 Å². The van der Waals surface area contributed by atoms with Gasteiger partial charge >= 0.3 is 0 Å². The van der Waals surface area contributed by atoms with Gasteiger partial charge in [-0.1, -0.05) is 24.6 Å². The molecule has 0 atom stereocenters. The Labute approximate surface area is 133 Å². The molecule has 0 aromatic heterocycles. The molecule has 0 bridgehead atoms. The number of ether oxygens (including phenoxy) is 1. The summed E-state index contributed by atoms with van der Waals surface area (Å²) >= 11 is 0. The first-order chi connectivity index (χ1) is 10.8. The van der Waals surface area contributed by atoms with Crippen molar-refractivity contribution in [1.29, 1.82) is 0 Å². The molecule has 1 saturated carbocycles. The predicted octanol–water partition coefficient (Wildman–Crippen LogP) is 3.04. The average Bonchev–Trinajstić information content (AvgIpc) is 2.95. The van der Waals surface area contributed by atoms with Crippen LogP contribution in [-0.2, 0) is 6.54 Å². The maximum absolute atomic E-state index is 5.69. The van der Waals surface area contributed by atoms with Crippen LogP contribution in [0.4, 0.5) is 0 Å². The van der Waals surface area contributed by atoms with Crippen molar-refractivity contribution in [2.45, 2.75) is 39.2 Å². The fraction of sp³-hybridized carbons (Fsp3) is 0.611. The van der Waals surface area contributed by atoms with Crippen LogP contribution in [0, 0.1) is 5.41 Å². The quantitative estimate of drug-likeness (QED) is 0.686. The highest BCUT2D eigenvalue weighted by atomic mass is 16.5. The number of benzene rings is 1. The lowest BCUT2D eigenvalue weighted by atomic mass is 9.68. The monoisotopic (exact) mass is 301 g/mol. The minimum absolute atomic E-state index is 0.598. The van der Waals surface area contributed by atoms with Gasteiger partial charge in [-0.2, -0.15) is 0 Å². The Hall–Kier alpha value is -1.71. The molecule has 2 aliphatic rings. The molecule has 1 aliphatic carbocycles. The third kappa shape index (κ3) is 3.06. The lowest BCUT2D eigenvalue weighted by molar-refractivity contribution is 0.151. The highest BCUT2D eigenvalue weighted by molar-refractivity contribution is 5.80. The Bertz CT molecular complexity index is 537. The standard InChI is InChI=1S/C18H27N3O/c1-3-22-16-8-5-4-7-15(16)13-20-17(19-2)21-12-11-18(14-21)9-6-10-18/h4-5,7-8H,3,6,9-14H2,1-2H3,(H,19,20). The summed E-state index contributed by atoms with van der Waals surface area (Å²) in [5.74, 6) is 1.99. The summed E-state index contributed by atoms with van der Waals surface area (Å²) in [5, 5.41) is 3.51. The van der Waals surface area contributed by atoms with Gasteiger partial charge in [-0.3, -0.25) is 4.99 Å². The largest absolute Gasteiger partial charge is 0.494 e. The first-order valence-electron chi connectivity index (χ1n) is 8.43. The predicted molar refractivity (Wildman–Crippen MR) is 90.3 cm³/mol. The van der Waals surface area contributed by atoms with Crippen LogP contribution < -0.4 is 10.1 Å². The third-order valence-electron chi connectivity index (χ3n) is 5.07. The number of hydrogen-bond donors (Lipinski definition) is 1. The molecular formula is C18H27N3O. The van der Waals surface area contributed by atoms with Crippen molar-refractivity contribution in [2.24, 2.45) is 10.4 Å². The SMILES string of the molecule is CCOc1ccccc1CNC(=NC)N1CCC2(CCC2)C1. The van der Waals surface area contributed by atoms with E-state index in [9.17, 15) is 0 Å². The van der Waals surface area contributed by atoms with E-state index in [0.717, 1.165) is 24.8 Å². The fourth-order valence-electron chi connectivity index (χ4n) is 3.65. The van der Waals surface area contributed by atoms with E-state index in [0.29, 0.717) is 12.0 Å². The van der Waals surface area contributed by atoms with E-state index in [-0.39, 0.29) is 0 Å². The van der Waals surface area contributed by atoms with Crippen LogP contribution >= 0.6 is 0 Å². The molecule has 0 radical (unpaired) electrons. The second kappa shape index (κ2) is 6.59. The summed E-state index contributed by atoms with van der Waals surface area (Å²) < 4.78 is 5.69. The molecule has 1 saturated heterocycles. The molecule has 4 heteroatoms. The molecule has 0 amide bonds. The summed E-state index contributed by atoms with van der Waals surface area (Å²) in [4.78, 5) is 6.89. The van der Waals surface area contributed by atoms with E-state index in [1.54, 1.807) is 0 Å². The van der Waals surface area contributed by atoms with E-state index in [4.69, 9.17) is 4.74 Å². The lowest BCUT2D eigenvalue weighted by Crippen LogP contribution is -2.42. The highest BCUT2D eigenvalue weighted by Crippen LogP contribution is 2.47. The van der Waals surface area contributed by atoms with Gasteiger partial charge in [-0.15, -0.1) is 0 Å². The van der Waals surface area contributed by atoms with Gasteiger partial charge in [0.2, 0.25) is 0 Å². The summed E-state index contributed by atoms with van der Waals surface area (Å²) in [6.45, 7) is 5.77. The van der Waals surface area contributed by atoms with E-state index in [2.05, 4.69) is 27.3 Å². The zero-order valence-electron chi connectivity index (χ0n) is 13.8. The highest BCUT2D eigenvalue weighted by Gasteiger charge is 2.43. The van der Waals surface area contributed by atoms with E-state index < -0.39 is 0 Å². The van der Waals surface area contributed by atoms with Gasteiger partial charge in [0, 0.05) is 32.2 Å². The summed E-state index contributed by atoms with van der Waals surface area (Å²) in [7, 11) is 1.88. The third-order valence-corrected chi connectivity index (χ3v) is 5.07. The van der Waals surface area contributed by atoms with Gasteiger partial charge < -0.3 is 15.0 Å². The van der Waals surface area contributed by atoms with Crippen molar-refractivity contribution in [2.75, 3.05) is 26.7 Å². The van der Waals surface area contributed by atoms with Gasteiger partial charge in [0.15, 0.2) is 5.96 Å². The van der Waals surface area contributed by atoms with Crippen LogP contribution in [0.25, 0.3) is 0 Å². The van der Waals surface area contributed by atoms with Gasteiger partial charge in [0.25, 0.3) is 0 Å². The average molecular weight is 301 g/mol. The maximum Gasteiger partial charge on any atom is 0.193 e. The van der Waals surface area contributed by atoms with E-state index in [1.807, 2.05) is 26.1 Å². The van der Waals surface area contributed by atoms with Crippen LogP contribution in [0.1, 0.15) is 38.2 Å². The van der Waals surface area contributed by atoms with Crippen LogP contribution in [0.15, 0.2) is 29.3 Å². The number of aliphatic imine (C=N–C) groups is 1. The Morgan fingerprint density at radius 2 is 2.14 bits per heavy atom. The molecule has 1 N–H and O–H groups in total. The normalized spacial score (nSPS) is 20.1. The number of likely N-dealkylation sites (tertiary alicyclic amines) is 1. The van der Waals surface area contributed by atoms with Crippen LogP contribution in [0.5, 0.6) is 5.75 Å². The van der Waals surface area contributed by atoms with Crippen LogP contribution in [0.2, 0.25) is 0 Å². The van der Waals surface area contributed by atoms with E-state index >= 15 is 0 Å². The zero-order valence-corrected chi connectivity index (χ0v) is 13.8. The lowest BCUT2D eigenvalue weighted by Gasteiger charge is -2.38. The van der Waals surface area contributed by atoms with Crippen molar-refractivity contribution in [3.63, 3.8) is 0 Å². The van der Waals surface area contributed by atoms with Crippen molar-refractivity contribution in [3.8, 4) is 5.75 Å². The number of hydrogen-bond acceptors (Lipinski definition) is 2. The minimum atomic E-state index is 0.598. The maximum atomic E-state index is 5.69. The van der Waals surface area contributed by atoms with Crippen molar-refractivity contribution < 1.29 is 4.74 Å². The molecule has 2 fully saturated rings. The topological polar surface area (TPSA) is 36.9 Å². The summed E-state index contributed by atoms with van der Waals surface area (Å²) in [6.07, 6.45) is 5.52. The van der Waals surface area contributed by atoms with E-state index in [1.165, 1.54) is 37.8 Å².